The lowest BCUT2D eigenvalue weighted by molar-refractivity contribution is -0.384. The Labute approximate surface area is 110 Å². The van der Waals surface area contributed by atoms with Gasteiger partial charge in [-0.25, -0.2) is 0 Å². The minimum absolute atomic E-state index is 0.0118. The third-order valence-corrected chi connectivity index (χ3v) is 3.55. The SMILES string of the molecule is Cc1ccc([N+](=O)[O-])c(NC2(CC(=O)O)CCC2)c1. The van der Waals surface area contributed by atoms with E-state index < -0.39 is 16.4 Å². The van der Waals surface area contributed by atoms with Crippen LogP contribution in [0.4, 0.5) is 11.4 Å². The molecule has 0 radical (unpaired) electrons. The Morgan fingerprint density at radius 1 is 1.53 bits per heavy atom. The Bertz CT molecular complexity index is 523. The van der Waals surface area contributed by atoms with Gasteiger partial charge in [-0.05, 0) is 37.8 Å². The first-order valence-electron chi connectivity index (χ1n) is 6.17. The molecule has 1 aromatic carbocycles. The topological polar surface area (TPSA) is 92.5 Å². The first-order valence-corrected chi connectivity index (χ1v) is 6.17. The Morgan fingerprint density at radius 2 is 2.21 bits per heavy atom. The molecule has 1 saturated carbocycles. The van der Waals surface area contributed by atoms with Crippen LogP contribution in [-0.4, -0.2) is 21.5 Å². The third-order valence-electron chi connectivity index (χ3n) is 3.55. The van der Waals surface area contributed by atoms with Crippen molar-refractivity contribution in [3.63, 3.8) is 0 Å². The van der Waals surface area contributed by atoms with Crippen LogP contribution >= 0.6 is 0 Å². The average molecular weight is 264 g/mol. The van der Waals surface area contributed by atoms with E-state index in [0.717, 1.165) is 24.8 Å². The smallest absolute Gasteiger partial charge is 0.305 e. The van der Waals surface area contributed by atoms with Gasteiger partial charge in [0.2, 0.25) is 0 Å². The van der Waals surface area contributed by atoms with Gasteiger partial charge in [-0.2, -0.15) is 0 Å². The molecule has 0 saturated heterocycles. The van der Waals surface area contributed by atoms with Crippen LogP contribution in [0.25, 0.3) is 0 Å². The molecule has 2 N–H and O–H groups in total. The van der Waals surface area contributed by atoms with Gasteiger partial charge < -0.3 is 10.4 Å². The molecule has 0 unspecified atom stereocenters. The Hall–Kier alpha value is -2.11. The highest BCUT2D eigenvalue weighted by molar-refractivity contribution is 5.71. The maximum atomic E-state index is 11.0. The van der Waals surface area contributed by atoms with Gasteiger partial charge in [0.15, 0.2) is 0 Å². The molecule has 0 heterocycles. The number of nitro benzene ring substituents is 1. The van der Waals surface area contributed by atoms with E-state index in [1.807, 2.05) is 6.92 Å². The number of nitro groups is 1. The number of aryl methyl sites for hydroxylation is 1. The second-order valence-electron chi connectivity index (χ2n) is 5.11. The van der Waals surface area contributed by atoms with Crippen LogP contribution in [0.2, 0.25) is 0 Å². The zero-order chi connectivity index (χ0) is 14.0. The molecule has 0 bridgehead atoms. The number of hydrogen-bond donors (Lipinski definition) is 2. The Morgan fingerprint density at radius 3 is 2.68 bits per heavy atom. The molecule has 2 rings (SSSR count). The maximum Gasteiger partial charge on any atom is 0.305 e. The van der Waals surface area contributed by atoms with Crippen molar-refractivity contribution < 1.29 is 14.8 Å². The van der Waals surface area contributed by atoms with Crippen LogP contribution in [0.15, 0.2) is 18.2 Å². The van der Waals surface area contributed by atoms with Gasteiger partial charge in [-0.3, -0.25) is 14.9 Å². The van der Waals surface area contributed by atoms with Crippen LogP contribution in [0.1, 0.15) is 31.2 Å². The predicted octanol–water partition coefficient (Wildman–Crippen LogP) is 2.71. The van der Waals surface area contributed by atoms with E-state index in [2.05, 4.69) is 5.32 Å². The first kappa shape index (κ1) is 13.3. The van der Waals surface area contributed by atoms with Crippen LogP contribution < -0.4 is 5.32 Å². The molecule has 0 amide bonds. The molecule has 1 fully saturated rings. The highest BCUT2D eigenvalue weighted by Crippen LogP contribution is 2.40. The number of aliphatic carboxylic acids is 1. The summed E-state index contributed by atoms with van der Waals surface area (Å²) in [6.07, 6.45) is 2.38. The van der Waals surface area contributed by atoms with Crippen molar-refractivity contribution in [3.05, 3.63) is 33.9 Å². The normalized spacial score (nSPS) is 16.5. The number of nitrogens with zero attached hydrogens (tertiary/aromatic N) is 1. The first-order chi connectivity index (χ1) is 8.92. The van der Waals surface area contributed by atoms with Crippen LogP contribution in [0.5, 0.6) is 0 Å². The molecule has 102 valence electrons. The van der Waals surface area contributed by atoms with Crippen molar-refractivity contribution in [2.45, 2.75) is 38.1 Å². The zero-order valence-electron chi connectivity index (χ0n) is 10.7. The molecule has 0 aromatic heterocycles. The summed E-state index contributed by atoms with van der Waals surface area (Å²) in [5, 5.41) is 23.0. The summed E-state index contributed by atoms with van der Waals surface area (Å²) < 4.78 is 0. The van der Waals surface area contributed by atoms with Gasteiger partial charge in [0, 0.05) is 11.6 Å². The van der Waals surface area contributed by atoms with E-state index in [0.29, 0.717) is 5.69 Å². The van der Waals surface area contributed by atoms with E-state index in [4.69, 9.17) is 5.11 Å². The summed E-state index contributed by atoms with van der Waals surface area (Å²) in [5.74, 6) is -0.887. The minimum Gasteiger partial charge on any atom is -0.481 e. The van der Waals surface area contributed by atoms with Crippen molar-refractivity contribution in [2.24, 2.45) is 0 Å². The van der Waals surface area contributed by atoms with Crippen molar-refractivity contribution >= 4 is 17.3 Å². The number of carboxylic acids is 1. The number of carbonyl (C=O) groups is 1. The fourth-order valence-electron chi connectivity index (χ4n) is 2.43. The number of carboxylic acid groups (broad SMARTS) is 1. The fraction of sp³-hybridized carbons (Fsp3) is 0.462. The molecule has 1 aliphatic rings. The molecule has 6 nitrogen and oxygen atoms in total. The number of nitrogens with one attached hydrogen (secondary N) is 1. The molecule has 1 aromatic rings. The zero-order valence-corrected chi connectivity index (χ0v) is 10.7. The predicted molar refractivity (Wildman–Crippen MR) is 70.3 cm³/mol. The monoisotopic (exact) mass is 264 g/mol. The molecule has 0 aliphatic heterocycles. The number of anilines is 1. The molecule has 1 aliphatic carbocycles. The second-order valence-corrected chi connectivity index (χ2v) is 5.11. The highest BCUT2D eigenvalue weighted by atomic mass is 16.6. The van der Waals surface area contributed by atoms with Gasteiger partial charge in [-0.15, -0.1) is 0 Å². The Kier molecular flexibility index (Phi) is 3.42. The lowest BCUT2D eigenvalue weighted by Gasteiger charge is -2.42. The number of hydrogen-bond acceptors (Lipinski definition) is 4. The van der Waals surface area contributed by atoms with Crippen molar-refractivity contribution in [1.29, 1.82) is 0 Å². The molecule has 0 spiro atoms. The summed E-state index contributed by atoms with van der Waals surface area (Å²) >= 11 is 0. The summed E-state index contributed by atoms with van der Waals surface area (Å²) in [6, 6.07) is 4.82. The van der Waals surface area contributed by atoms with Gasteiger partial charge in [0.05, 0.1) is 11.3 Å². The second kappa shape index (κ2) is 4.87. The Balaban J connectivity index is 2.28. The number of rotatable bonds is 5. The van der Waals surface area contributed by atoms with E-state index in [1.54, 1.807) is 12.1 Å². The summed E-state index contributed by atoms with van der Waals surface area (Å²) in [5.41, 5.74) is 0.760. The van der Waals surface area contributed by atoms with Gasteiger partial charge in [0.25, 0.3) is 5.69 Å². The quantitative estimate of drug-likeness (QED) is 0.630. The summed E-state index contributed by atoms with van der Waals surface area (Å²) in [4.78, 5) is 21.5. The van der Waals surface area contributed by atoms with Gasteiger partial charge >= 0.3 is 5.97 Å². The van der Waals surface area contributed by atoms with E-state index in [-0.39, 0.29) is 12.1 Å². The van der Waals surface area contributed by atoms with Gasteiger partial charge in [-0.1, -0.05) is 6.07 Å². The summed E-state index contributed by atoms with van der Waals surface area (Å²) in [7, 11) is 0. The van der Waals surface area contributed by atoms with E-state index >= 15 is 0 Å². The van der Waals surface area contributed by atoms with Crippen molar-refractivity contribution in [1.82, 2.24) is 0 Å². The average Bonchev–Trinajstić information content (AvgIpc) is 2.25. The van der Waals surface area contributed by atoms with Crippen molar-refractivity contribution in [2.75, 3.05) is 5.32 Å². The highest BCUT2D eigenvalue weighted by Gasteiger charge is 2.40. The largest absolute Gasteiger partial charge is 0.481 e. The van der Waals surface area contributed by atoms with E-state index in [9.17, 15) is 14.9 Å². The van der Waals surface area contributed by atoms with E-state index in [1.165, 1.54) is 6.07 Å². The van der Waals surface area contributed by atoms with Crippen LogP contribution in [0, 0.1) is 17.0 Å². The van der Waals surface area contributed by atoms with Crippen LogP contribution in [0.3, 0.4) is 0 Å². The number of benzene rings is 1. The maximum absolute atomic E-state index is 11.0. The molecular formula is C13H16N2O4. The third kappa shape index (κ3) is 2.83. The fourth-order valence-corrected chi connectivity index (χ4v) is 2.43. The van der Waals surface area contributed by atoms with Crippen molar-refractivity contribution in [3.8, 4) is 0 Å². The summed E-state index contributed by atoms with van der Waals surface area (Å²) in [6.45, 7) is 1.85. The van der Waals surface area contributed by atoms with Gasteiger partial charge in [0.1, 0.15) is 5.69 Å². The molecular weight excluding hydrogens is 248 g/mol. The molecule has 6 heteroatoms. The molecule has 19 heavy (non-hydrogen) atoms. The minimum atomic E-state index is -0.887. The lowest BCUT2D eigenvalue weighted by Crippen LogP contribution is -2.46. The molecule has 0 atom stereocenters. The standard InChI is InChI=1S/C13H16N2O4/c1-9-3-4-11(15(18)19)10(7-9)14-13(5-2-6-13)8-12(16)17/h3-4,7,14H,2,5-6,8H2,1H3,(H,16,17). The van der Waals surface area contributed by atoms with Crippen LogP contribution in [-0.2, 0) is 4.79 Å². The lowest BCUT2D eigenvalue weighted by atomic mass is 9.74.